The van der Waals surface area contributed by atoms with Gasteiger partial charge < -0.3 is 11.1 Å². The Kier molecular flexibility index (Phi) is 5.21. The maximum Gasteiger partial charge on any atom is 0.251 e. The number of nitrogens with one attached hydrogen (secondary N) is 1. The molecule has 0 aromatic heterocycles. The summed E-state index contributed by atoms with van der Waals surface area (Å²) in [5.41, 5.74) is 6.71. The lowest BCUT2D eigenvalue weighted by Crippen LogP contribution is -2.27. The van der Waals surface area contributed by atoms with E-state index >= 15 is 0 Å². The van der Waals surface area contributed by atoms with E-state index in [0.717, 1.165) is 12.3 Å². The van der Waals surface area contributed by atoms with Gasteiger partial charge in [0.1, 0.15) is 5.82 Å². The number of nitrogen functional groups attached to an aromatic ring is 1. The number of hydrogen-bond donors (Lipinski definition) is 2. The molecule has 1 aromatic carbocycles. The average Bonchev–Trinajstić information content (AvgIpc) is 2.44. The highest BCUT2D eigenvalue weighted by Crippen LogP contribution is 2.30. The molecule has 3 nitrogen and oxygen atoms in total. The van der Waals surface area contributed by atoms with Gasteiger partial charge in [-0.05, 0) is 43.7 Å². The molecule has 4 heteroatoms. The van der Waals surface area contributed by atoms with Crippen LogP contribution in [0.3, 0.4) is 0 Å². The molecular formula is C17H25FN2O. The zero-order valence-corrected chi connectivity index (χ0v) is 12.9. The van der Waals surface area contributed by atoms with Crippen molar-refractivity contribution in [2.45, 2.75) is 46.0 Å². The fourth-order valence-corrected chi connectivity index (χ4v) is 3.15. The number of nitrogens with two attached hydrogens (primary N) is 1. The Bertz CT molecular complexity index is 493. The van der Waals surface area contributed by atoms with Gasteiger partial charge in [0.15, 0.2) is 0 Å². The van der Waals surface area contributed by atoms with Crippen molar-refractivity contribution in [2.75, 3.05) is 12.3 Å². The molecule has 2 atom stereocenters. The van der Waals surface area contributed by atoms with Crippen molar-refractivity contribution in [3.8, 4) is 0 Å². The van der Waals surface area contributed by atoms with Gasteiger partial charge in [0.2, 0.25) is 0 Å². The minimum Gasteiger partial charge on any atom is -0.398 e. The second-order valence-corrected chi connectivity index (χ2v) is 6.35. The molecule has 21 heavy (non-hydrogen) atoms. The Balaban J connectivity index is 1.84. The summed E-state index contributed by atoms with van der Waals surface area (Å²) in [5, 5.41) is 2.87. The molecule has 2 rings (SSSR count). The predicted octanol–water partition coefficient (Wildman–Crippen LogP) is 3.66. The van der Waals surface area contributed by atoms with Gasteiger partial charge in [-0.15, -0.1) is 0 Å². The zero-order valence-electron chi connectivity index (χ0n) is 12.9. The van der Waals surface area contributed by atoms with Gasteiger partial charge in [0, 0.05) is 23.4 Å². The molecular weight excluding hydrogens is 267 g/mol. The van der Waals surface area contributed by atoms with Crippen LogP contribution in [0.4, 0.5) is 10.1 Å². The second-order valence-electron chi connectivity index (χ2n) is 6.35. The molecule has 0 aliphatic heterocycles. The number of anilines is 1. The van der Waals surface area contributed by atoms with E-state index in [9.17, 15) is 9.18 Å². The summed E-state index contributed by atoms with van der Waals surface area (Å²) in [6, 6.07) is 2.79. The Labute approximate surface area is 126 Å². The van der Waals surface area contributed by atoms with Gasteiger partial charge in [0.25, 0.3) is 5.91 Å². The third-order valence-corrected chi connectivity index (χ3v) is 4.53. The summed E-state index contributed by atoms with van der Waals surface area (Å²) in [5.74, 6) is 0.824. The Hall–Kier alpha value is -1.58. The molecule has 1 aliphatic rings. The number of halogens is 1. The highest BCUT2D eigenvalue weighted by atomic mass is 19.1. The van der Waals surface area contributed by atoms with E-state index < -0.39 is 5.82 Å². The van der Waals surface area contributed by atoms with E-state index in [1.807, 2.05) is 0 Å². The third kappa shape index (κ3) is 4.19. The first-order chi connectivity index (χ1) is 9.97. The van der Waals surface area contributed by atoms with E-state index in [0.29, 0.717) is 29.3 Å². The van der Waals surface area contributed by atoms with Crippen molar-refractivity contribution in [3.05, 3.63) is 29.1 Å². The molecule has 0 saturated heterocycles. The van der Waals surface area contributed by atoms with Crippen LogP contribution in [0.25, 0.3) is 0 Å². The monoisotopic (exact) mass is 292 g/mol. The van der Waals surface area contributed by atoms with Gasteiger partial charge in [-0.25, -0.2) is 4.39 Å². The van der Waals surface area contributed by atoms with Crippen LogP contribution in [0.1, 0.15) is 54.9 Å². The normalized spacial score (nSPS) is 22.0. The standard InChI is InChI=1S/C17H25FN2O/c1-11-4-3-5-13(8-11)6-7-20-17(21)14-9-15(18)12(2)16(19)10-14/h9-11,13H,3-8,19H2,1-2H3,(H,20,21). The van der Waals surface area contributed by atoms with Crippen LogP contribution in [-0.2, 0) is 0 Å². The molecule has 1 amide bonds. The van der Waals surface area contributed by atoms with Crippen LogP contribution in [0.5, 0.6) is 0 Å². The van der Waals surface area contributed by atoms with Crippen molar-refractivity contribution in [1.82, 2.24) is 5.32 Å². The molecule has 3 N–H and O–H groups in total. The molecule has 0 heterocycles. The summed E-state index contributed by atoms with van der Waals surface area (Å²) >= 11 is 0. The van der Waals surface area contributed by atoms with E-state index in [1.54, 1.807) is 6.92 Å². The summed E-state index contributed by atoms with van der Waals surface area (Å²) in [6.07, 6.45) is 6.12. The minimum atomic E-state index is -0.429. The number of rotatable bonds is 4. The lowest BCUT2D eigenvalue weighted by molar-refractivity contribution is 0.0949. The third-order valence-electron chi connectivity index (χ3n) is 4.53. The van der Waals surface area contributed by atoms with Crippen LogP contribution in [0, 0.1) is 24.6 Å². The quantitative estimate of drug-likeness (QED) is 0.832. The van der Waals surface area contributed by atoms with E-state index in [1.165, 1.54) is 37.8 Å². The van der Waals surface area contributed by atoms with Gasteiger partial charge >= 0.3 is 0 Å². The first-order valence-electron chi connectivity index (χ1n) is 7.81. The van der Waals surface area contributed by atoms with E-state index in [4.69, 9.17) is 5.73 Å². The van der Waals surface area contributed by atoms with Crippen molar-refractivity contribution >= 4 is 11.6 Å². The number of carbonyl (C=O) groups excluding carboxylic acids is 1. The number of amides is 1. The fourth-order valence-electron chi connectivity index (χ4n) is 3.15. The van der Waals surface area contributed by atoms with Crippen molar-refractivity contribution < 1.29 is 9.18 Å². The molecule has 0 bridgehead atoms. The van der Waals surface area contributed by atoms with Crippen molar-refractivity contribution in [2.24, 2.45) is 11.8 Å². The minimum absolute atomic E-state index is 0.246. The largest absolute Gasteiger partial charge is 0.398 e. The topological polar surface area (TPSA) is 55.1 Å². The van der Waals surface area contributed by atoms with Crippen LogP contribution in [0.15, 0.2) is 12.1 Å². The van der Waals surface area contributed by atoms with Gasteiger partial charge in [-0.3, -0.25) is 4.79 Å². The van der Waals surface area contributed by atoms with Crippen LogP contribution >= 0.6 is 0 Å². The highest BCUT2D eigenvalue weighted by Gasteiger charge is 2.19. The van der Waals surface area contributed by atoms with Crippen LogP contribution < -0.4 is 11.1 Å². The molecule has 2 unspecified atom stereocenters. The molecule has 1 aliphatic carbocycles. The summed E-state index contributed by atoms with van der Waals surface area (Å²) in [6.45, 7) is 4.55. The van der Waals surface area contributed by atoms with Gasteiger partial charge in [0.05, 0.1) is 0 Å². The van der Waals surface area contributed by atoms with Crippen molar-refractivity contribution in [3.63, 3.8) is 0 Å². The smallest absolute Gasteiger partial charge is 0.251 e. The van der Waals surface area contributed by atoms with E-state index in [2.05, 4.69) is 12.2 Å². The number of benzene rings is 1. The SMILES string of the molecule is Cc1c(N)cc(C(=O)NCCC2CCCC(C)C2)cc1F. The summed E-state index contributed by atoms with van der Waals surface area (Å²) < 4.78 is 13.6. The molecule has 1 fully saturated rings. The summed E-state index contributed by atoms with van der Waals surface area (Å²) in [7, 11) is 0. The van der Waals surface area contributed by atoms with E-state index in [-0.39, 0.29) is 5.91 Å². The molecule has 1 saturated carbocycles. The Morgan fingerprint density at radius 2 is 2.19 bits per heavy atom. The lowest BCUT2D eigenvalue weighted by Gasteiger charge is -2.26. The first-order valence-corrected chi connectivity index (χ1v) is 7.81. The first kappa shape index (κ1) is 15.8. The zero-order chi connectivity index (χ0) is 15.4. The second kappa shape index (κ2) is 6.92. The maximum atomic E-state index is 13.6. The van der Waals surface area contributed by atoms with Crippen molar-refractivity contribution in [1.29, 1.82) is 0 Å². The van der Waals surface area contributed by atoms with Gasteiger partial charge in [-0.1, -0.05) is 26.2 Å². The lowest BCUT2D eigenvalue weighted by atomic mass is 9.81. The number of carbonyl (C=O) groups is 1. The molecule has 0 spiro atoms. The molecule has 0 radical (unpaired) electrons. The number of hydrogen-bond acceptors (Lipinski definition) is 2. The van der Waals surface area contributed by atoms with Gasteiger partial charge in [-0.2, -0.15) is 0 Å². The fraction of sp³-hybridized carbons (Fsp3) is 0.588. The highest BCUT2D eigenvalue weighted by molar-refractivity contribution is 5.95. The summed E-state index contributed by atoms with van der Waals surface area (Å²) in [4.78, 5) is 12.0. The Morgan fingerprint density at radius 3 is 2.86 bits per heavy atom. The van der Waals surface area contributed by atoms with Crippen LogP contribution in [-0.4, -0.2) is 12.5 Å². The maximum absolute atomic E-state index is 13.6. The Morgan fingerprint density at radius 1 is 1.43 bits per heavy atom. The molecule has 1 aromatic rings. The predicted molar refractivity (Wildman–Crippen MR) is 83.6 cm³/mol. The molecule has 116 valence electrons. The van der Waals surface area contributed by atoms with Crippen LogP contribution in [0.2, 0.25) is 0 Å². The average molecular weight is 292 g/mol.